The van der Waals surface area contributed by atoms with Gasteiger partial charge in [0.05, 0.1) is 32.9 Å². The van der Waals surface area contributed by atoms with E-state index in [1.807, 2.05) is 30.3 Å². The maximum absolute atomic E-state index is 12.0. The number of halogens is 3. The van der Waals surface area contributed by atoms with Gasteiger partial charge in [-0.1, -0.05) is 53.5 Å². The largest absolute Gasteiger partial charge is 0.465 e. The highest BCUT2D eigenvalue weighted by Crippen LogP contribution is 2.39. The van der Waals surface area contributed by atoms with Crippen LogP contribution in [-0.4, -0.2) is 19.2 Å². The summed E-state index contributed by atoms with van der Waals surface area (Å²) in [6, 6.07) is 10.5. The van der Waals surface area contributed by atoms with E-state index in [0.29, 0.717) is 4.47 Å². The molecule has 0 radical (unpaired) electrons. The summed E-state index contributed by atoms with van der Waals surface area (Å²) in [5, 5.41) is 2.73. The van der Waals surface area contributed by atoms with Crippen LogP contribution in [0.3, 0.4) is 0 Å². The second-order valence-corrected chi connectivity index (χ2v) is 6.17. The van der Waals surface area contributed by atoms with Crippen molar-refractivity contribution >= 4 is 56.9 Å². The Bertz CT molecular complexity index is 768. The minimum absolute atomic E-state index is 0.0207. The highest BCUT2D eigenvalue weighted by molar-refractivity contribution is 9.10. The molecule has 1 amide bonds. The molecule has 0 atom stereocenters. The molecule has 0 aromatic heterocycles. The second-order valence-electron chi connectivity index (χ2n) is 4.59. The van der Waals surface area contributed by atoms with E-state index in [0.717, 1.165) is 5.56 Å². The molecule has 0 heterocycles. The first-order chi connectivity index (χ1) is 11.4. The summed E-state index contributed by atoms with van der Waals surface area (Å²) < 4.78 is 10.1. The number of ether oxygens (including phenoxy) is 2. The minimum Gasteiger partial charge on any atom is -0.465 e. The standard InChI is InChI=1S/C16H12BrCl2NO4/c1-23-15(21)10-7-11(18)12(17)13(19)14(10)20-16(22)24-8-9-5-3-2-4-6-9/h2-7H,8H2,1H3,(H,20,22). The molecule has 0 unspecified atom stereocenters. The SMILES string of the molecule is COC(=O)c1cc(Cl)c(Br)c(Cl)c1NC(=O)OCc1ccccc1. The Morgan fingerprint density at radius 3 is 2.50 bits per heavy atom. The van der Waals surface area contributed by atoms with Crippen LogP contribution in [0.1, 0.15) is 15.9 Å². The maximum Gasteiger partial charge on any atom is 0.412 e. The lowest BCUT2D eigenvalue weighted by molar-refractivity contribution is 0.0602. The van der Waals surface area contributed by atoms with Crippen LogP contribution in [0.15, 0.2) is 40.9 Å². The molecule has 126 valence electrons. The highest BCUT2D eigenvalue weighted by atomic mass is 79.9. The lowest BCUT2D eigenvalue weighted by Gasteiger charge is -2.14. The second kappa shape index (κ2) is 8.37. The predicted molar refractivity (Wildman–Crippen MR) is 95.8 cm³/mol. The summed E-state index contributed by atoms with van der Waals surface area (Å²) in [6.45, 7) is 0.0760. The van der Waals surface area contributed by atoms with Gasteiger partial charge in [-0.15, -0.1) is 0 Å². The van der Waals surface area contributed by atoms with E-state index in [1.165, 1.54) is 13.2 Å². The van der Waals surface area contributed by atoms with Crippen molar-refractivity contribution in [1.82, 2.24) is 0 Å². The average Bonchev–Trinajstić information content (AvgIpc) is 2.60. The highest BCUT2D eigenvalue weighted by Gasteiger charge is 2.22. The number of carbonyl (C=O) groups excluding carboxylic acids is 2. The van der Waals surface area contributed by atoms with Crippen molar-refractivity contribution < 1.29 is 19.1 Å². The first-order valence-corrected chi connectivity index (χ1v) is 8.22. The van der Waals surface area contributed by atoms with Crippen molar-refractivity contribution in [1.29, 1.82) is 0 Å². The Hall–Kier alpha value is -1.76. The summed E-state index contributed by atoms with van der Waals surface area (Å²) in [6.07, 6.45) is -0.764. The van der Waals surface area contributed by atoms with Crippen molar-refractivity contribution in [3.8, 4) is 0 Å². The molecule has 24 heavy (non-hydrogen) atoms. The van der Waals surface area contributed by atoms with Crippen LogP contribution in [0.4, 0.5) is 10.5 Å². The molecule has 0 aliphatic rings. The van der Waals surface area contributed by atoms with Crippen molar-refractivity contribution in [2.24, 2.45) is 0 Å². The van der Waals surface area contributed by atoms with Gasteiger partial charge in [-0.3, -0.25) is 5.32 Å². The summed E-state index contributed by atoms with van der Waals surface area (Å²) in [7, 11) is 1.21. The molecule has 0 aliphatic heterocycles. The normalized spacial score (nSPS) is 10.2. The zero-order valence-electron chi connectivity index (χ0n) is 12.4. The van der Waals surface area contributed by atoms with E-state index in [-0.39, 0.29) is 27.9 Å². The number of anilines is 1. The smallest absolute Gasteiger partial charge is 0.412 e. The van der Waals surface area contributed by atoms with Crippen molar-refractivity contribution in [2.45, 2.75) is 6.61 Å². The van der Waals surface area contributed by atoms with Gasteiger partial charge in [-0.25, -0.2) is 9.59 Å². The van der Waals surface area contributed by atoms with Gasteiger partial charge < -0.3 is 9.47 Å². The van der Waals surface area contributed by atoms with Gasteiger partial charge in [0, 0.05) is 0 Å². The number of carbonyl (C=O) groups is 2. The number of esters is 1. The van der Waals surface area contributed by atoms with E-state index in [4.69, 9.17) is 27.9 Å². The van der Waals surface area contributed by atoms with Crippen molar-refractivity contribution in [2.75, 3.05) is 12.4 Å². The number of hydrogen-bond acceptors (Lipinski definition) is 4. The molecule has 0 fully saturated rings. The zero-order chi connectivity index (χ0) is 17.7. The molecule has 0 saturated carbocycles. The van der Waals surface area contributed by atoms with Crippen LogP contribution in [-0.2, 0) is 16.1 Å². The number of nitrogens with one attached hydrogen (secondary N) is 1. The first kappa shape index (κ1) is 18.6. The molecule has 5 nitrogen and oxygen atoms in total. The summed E-state index contributed by atoms with van der Waals surface area (Å²) >= 11 is 15.3. The lowest BCUT2D eigenvalue weighted by Crippen LogP contribution is -2.17. The molecular weight excluding hydrogens is 421 g/mol. The fraction of sp³-hybridized carbons (Fsp3) is 0.125. The Kier molecular flexibility index (Phi) is 6.48. The fourth-order valence-corrected chi connectivity index (χ4v) is 2.67. The summed E-state index contributed by atoms with van der Waals surface area (Å²) in [5.74, 6) is -0.690. The first-order valence-electron chi connectivity index (χ1n) is 6.67. The Morgan fingerprint density at radius 2 is 1.88 bits per heavy atom. The molecular formula is C16H12BrCl2NO4. The summed E-state index contributed by atoms with van der Waals surface area (Å²) in [4.78, 5) is 23.9. The van der Waals surface area contributed by atoms with E-state index in [2.05, 4.69) is 26.0 Å². The fourth-order valence-electron chi connectivity index (χ4n) is 1.85. The van der Waals surface area contributed by atoms with Crippen LogP contribution in [0.2, 0.25) is 10.0 Å². The van der Waals surface area contributed by atoms with Gasteiger partial charge in [0.2, 0.25) is 0 Å². The van der Waals surface area contributed by atoms with E-state index < -0.39 is 12.1 Å². The van der Waals surface area contributed by atoms with Gasteiger partial charge in [0.1, 0.15) is 6.61 Å². The monoisotopic (exact) mass is 431 g/mol. The van der Waals surface area contributed by atoms with E-state index in [1.54, 1.807) is 0 Å². The van der Waals surface area contributed by atoms with Crippen molar-refractivity contribution in [3.63, 3.8) is 0 Å². The molecule has 0 saturated heterocycles. The van der Waals surface area contributed by atoms with Crippen LogP contribution in [0.25, 0.3) is 0 Å². The zero-order valence-corrected chi connectivity index (χ0v) is 15.5. The third-order valence-electron chi connectivity index (χ3n) is 3.01. The predicted octanol–water partition coefficient (Wildman–Crippen LogP) is 5.29. The number of methoxy groups -OCH3 is 1. The van der Waals surface area contributed by atoms with Crippen LogP contribution < -0.4 is 5.32 Å². The van der Waals surface area contributed by atoms with E-state index >= 15 is 0 Å². The van der Waals surface area contributed by atoms with Gasteiger partial charge in [-0.05, 0) is 27.6 Å². The van der Waals surface area contributed by atoms with Crippen LogP contribution in [0.5, 0.6) is 0 Å². The number of amides is 1. The average molecular weight is 433 g/mol. The third kappa shape index (κ3) is 4.41. The Labute approximate surface area is 157 Å². The summed E-state index contributed by atoms with van der Waals surface area (Å²) in [5.41, 5.74) is 0.898. The maximum atomic E-state index is 12.0. The van der Waals surface area contributed by atoms with Crippen LogP contribution >= 0.6 is 39.1 Å². The topological polar surface area (TPSA) is 64.6 Å². The van der Waals surface area contributed by atoms with Gasteiger partial charge in [0.15, 0.2) is 0 Å². The molecule has 0 aliphatic carbocycles. The van der Waals surface area contributed by atoms with Crippen LogP contribution in [0, 0.1) is 0 Å². The van der Waals surface area contributed by atoms with Gasteiger partial charge in [-0.2, -0.15) is 0 Å². The minimum atomic E-state index is -0.764. The molecule has 2 aromatic rings. The van der Waals surface area contributed by atoms with Crippen molar-refractivity contribution in [3.05, 3.63) is 62.0 Å². The molecule has 1 N–H and O–H groups in total. The van der Waals surface area contributed by atoms with Gasteiger partial charge >= 0.3 is 12.1 Å². The van der Waals surface area contributed by atoms with E-state index in [9.17, 15) is 9.59 Å². The number of hydrogen-bond donors (Lipinski definition) is 1. The number of benzene rings is 2. The third-order valence-corrected chi connectivity index (χ3v) is 4.96. The Morgan fingerprint density at radius 1 is 1.21 bits per heavy atom. The molecule has 0 spiro atoms. The molecule has 2 rings (SSSR count). The van der Waals surface area contributed by atoms with Gasteiger partial charge in [0.25, 0.3) is 0 Å². The number of rotatable bonds is 4. The quantitative estimate of drug-likeness (QED) is 0.526. The molecule has 2 aromatic carbocycles. The molecule has 0 bridgehead atoms. The Balaban J connectivity index is 2.20. The molecule has 8 heteroatoms. The lowest BCUT2D eigenvalue weighted by atomic mass is 10.2.